The second-order valence-electron chi connectivity index (χ2n) is 9.40. The van der Waals surface area contributed by atoms with Crippen molar-refractivity contribution in [2.24, 2.45) is 11.8 Å². The topological polar surface area (TPSA) is 3.24 Å². The maximum Gasteiger partial charge on any atom is 0.0419 e. The van der Waals surface area contributed by atoms with Crippen LogP contribution in [0.2, 0.25) is 0 Å². The van der Waals surface area contributed by atoms with Gasteiger partial charge in [0.1, 0.15) is 0 Å². The molecule has 4 aliphatic carbocycles. The number of nitrogens with zero attached hydrogens (tertiary/aromatic N) is 1. The van der Waals surface area contributed by atoms with Gasteiger partial charge in [-0.05, 0) is 66.7 Å². The molecule has 128 valence electrons. The van der Waals surface area contributed by atoms with E-state index in [0.717, 1.165) is 11.8 Å². The smallest absolute Gasteiger partial charge is 0.0419 e. The predicted molar refractivity (Wildman–Crippen MR) is 104 cm³/mol. The highest BCUT2D eigenvalue weighted by atomic mass is 15.2. The third-order valence-electron chi connectivity index (χ3n) is 8.20. The van der Waals surface area contributed by atoms with Crippen LogP contribution < -0.4 is 4.90 Å². The Morgan fingerprint density at radius 1 is 1.04 bits per heavy atom. The summed E-state index contributed by atoms with van der Waals surface area (Å²) < 4.78 is 0. The van der Waals surface area contributed by atoms with Crippen LogP contribution in [-0.4, -0.2) is 13.1 Å². The summed E-state index contributed by atoms with van der Waals surface area (Å²) in [5, 5.41) is 0. The summed E-state index contributed by atoms with van der Waals surface area (Å²) in [6, 6.07) is 5.82. The maximum atomic E-state index is 2.61. The molecule has 25 heavy (non-hydrogen) atoms. The molecule has 1 aromatic rings. The van der Waals surface area contributed by atoms with E-state index < -0.39 is 0 Å². The number of hydrogen-bond donors (Lipinski definition) is 0. The molecule has 1 saturated carbocycles. The van der Waals surface area contributed by atoms with E-state index in [4.69, 9.17) is 0 Å². The third-order valence-corrected chi connectivity index (χ3v) is 8.20. The molecule has 1 fully saturated rings. The van der Waals surface area contributed by atoms with Gasteiger partial charge in [-0.1, -0.05) is 49.4 Å². The zero-order valence-corrected chi connectivity index (χ0v) is 15.5. The van der Waals surface area contributed by atoms with Crippen molar-refractivity contribution < 1.29 is 0 Å². The van der Waals surface area contributed by atoms with Gasteiger partial charge >= 0.3 is 0 Å². The number of rotatable bonds is 0. The number of fused-ring (bicyclic) bond motifs is 9. The van der Waals surface area contributed by atoms with Crippen molar-refractivity contribution in [1.82, 2.24) is 0 Å². The van der Waals surface area contributed by atoms with Crippen molar-refractivity contribution >= 4 is 5.69 Å². The van der Waals surface area contributed by atoms with Crippen molar-refractivity contribution in [2.75, 3.05) is 11.9 Å². The lowest BCUT2D eigenvalue weighted by Gasteiger charge is -2.42. The van der Waals surface area contributed by atoms with E-state index in [1.54, 1.807) is 16.7 Å². The Kier molecular flexibility index (Phi) is 2.49. The summed E-state index contributed by atoms with van der Waals surface area (Å²) in [6.45, 7) is 4.94. The minimum Gasteiger partial charge on any atom is -0.370 e. The predicted octanol–water partition coefficient (Wildman–Crippen LogP) is 5.23. The minimum absolute atomic E-state index is 0.178. The number of allylic oxidation sites excluding steroid dienone is 5. The van der Waals surface area contributed by atoms with Crippen LogP contribution in [0.15, 0.2) is 48.6 Å². The number of anilines is 1. The van der Waals surface area contributed by atoms with Crippen molar-refractivity contribution in [1.29, 1.82) is 0 Å². The molecule has 0 amide bonds. The van der Waals surface area contributed by atoms with E-state index in [1.807, 2.05) is 0 Å². The summed E-state index contributed by atoms with van der Waals surface area (Å²) in [5.74, 6) is 2.35. The summed E-state index contributed by atoms with van der Waals surface area (Å²) in [7, 11) is 2.32. The van der Waals surface area contributed by atoms with Gasteiger partial charge in [0.05, 0.1) is 0 Å². The Hall–Kier alpha value is -1.76. The van der Waals surface area contributed by atoms with Gasteiger partial charge in [0.2, 0.25) is 0 Å². The van der Waals surface area contributed by atoms with Crippen LogP contribution in [0.5, 0.6) is 0 Å². The zero-order valence-electron chi connectivity index (χ0n) is 15.5. The molecule has 1 aromatic carbocycles. The minimum atomic E-state index is 0.178. The van der Waals surface area contributed by atoms with Gasteiger partial charge < -0.3 is 4.90 Å². The van der Waals surface area contributed by atoms with Gasteiger partial charge in [-0.2, -0.15) is 0 Å². The Labute approximate surface area is 151 Å². The van der Waals surface area contributed by atoms with Crippen LogP contribution in [0, 0.1) is 11.8 Å². The fourth-order valence-corrected chi connectivity index (χ4v) is 6.70. The molecule has 1 heteroatoms. The van der Waals surface area contributed by atoms with Crippen LogP contribution in [0.3, 0.4) is 0 Å². The fraction of sp³-hybridized carbons (Fsp3) is 0.500. The van der Waals surface area contributed by atoms with Crippen LogP contribution in [0.4, 0.5) is 5.69 Å². The number of benzene rings is 1. The molecular weight excluding hydrogens is 302 g/mol. The van der Waals surface area contributed by atoms with E-state index in [0.29, 0.717) is 12.0 Å². The van der Waals surface area contributed by atoms with Gasteiger partial charge in [-0.25, -0.2) is 0 Å². The Bertz CT molecular complexity index is 874. The van der Waals surface area contributed by atoms with Crippen molar-refractivity contribution in [2.45, 2.75) is 55.9 Å². The molecule has 6 atom stereocenters. The Morgan fingerprint density at radius 3 is 2.80 bits per heavy atom. The number of hydrogen-bond acceptors (Lipinski definition) is 1. The SMILES string of the molecule is CN1c2cc3c(cc2C2(C)C=CCCC12)C1(C)C=CC=CC1C1CC31. The molecule has 6 rings (SSSR count). The monoisotopic (exact) mass is 329 g/mol. The van der Waals surface area contributed by atoms with E-state index >= 15 is 0 Å². The molecule has 0 bridgehead atoms. The highest BCUT2D eigenvalue weighted by Gasteiger charge is 2.57. The summed E-state index contributed by atoms with van der Waals surface area (Å²) in [6.07, 6.45) is 18.3. The normalized spacial score (nSPS) is 44.7. The summed E-state index contributed by atoms with van der Waals surface area (Å²) in [5.41, 5.74) is 6.70. The van der Waals surface area contributed by atoms with Crippen molar-refractivity contribution in [3.63, 3.8) is 0 Å². The Balaban J connectivity index is 1.61. The van der Waals surface area contributed by atoms with Crippen molar-refractivity contribution in [3.05, 3.63) is 65.3 Å². The van der Waals surface area contributed by atoms with E-state index in [-0.39, 0.29) is 10.8 Å². The van der Waals surface area contributed by atoms with E-state index in [1.165, 1.54) is 24.9 Å². The van der Waals surface area contributed by atoms with Crippen LogP contribution >= 0.6 is 0 Å². The lowest BCUT2D eigenvalue weighted by atomic mass is 9.61. The second kappa shape index (κ2) is 4.31. The molecule has 0 spiro atoms. The molecule has 5 aliphatic rings. The van der Waals surface area contributed by atoms with Crippen LogP contribution in [-0.2, 0) is 10.8 Å². The molecule has 0 radical (unpaired) electrons. The maximum absolute atomic E-state index is 2.61. The van der Waals surface area contributed by atoms with Gasteiger partial charge in [-0.3, -0.25) is 0 Å². The van der Waals surface area contributed by atoms with Gasteiger partial charge in [0, 0.05) is 29.6 Å². The first-order chi connectivity index (χ1) is 12.0. The quantitative estimate of drug-likeness (QED) is 0.589. The average Bonchev–Trinajstić information content (AvgIpc) is 3.37. The molecule has 0 N–H and O–H groups in total. The van der Waals surface area contributed by atoms with Crippen molar-refractivity contribution in [3.8, 4) is 0 Å². The first-order valence-electron chi connectivity index (χ1n) is 9.99. The first-order valence-corrected chi connectivity index (χ1v) is 9.99. The largest absolute Gasteiger partial charge is 0.370 e. The summed E-state index contributed by atoms with van der Waals surface area (Å²) in [4.78, 5) is 2.58. The Morgan fingerprint density at radius 2 is 1.92 bits per heavy atom. The molecule has 1 aliphatic heterocycles. The fourth-order valence-electron chi connectivity index (χ4n) is 6.70. The molecular formula is C24H27N. The third kappa shape index (κ3) is 1.57. The standard InChI is InChI=1S/C24H27N/c1-23-10-6-4-8-18(23)16-12-15(16)17-13-21-20(14-19(17)23)24(2)11-7-5-9-22(24)25(21)3/h4,6-8,10-11,13-16,18,22H,5,9,12H2,1-3H3. The lowest BCUT2D eigenvalue weighted by Crippen LogP contribution is -2.41. The highest BCUT2D eigenvalue weighted by molar-refractivity contribution is 5.71. The van der Waals surface area contributed by atoms with E-state index in [2.05, 4.69) is 74.4 Å². The first kappa shape index (κ1) is 14.4. The van der Waals surface area contributed by atoms with Gasteiger partial charge in [0.15, 0.2) is 0 Å². The molecule has 0 saturated heterocycles. The van der Waals surface area contributed by atoms with Gasteiger partial charge in [-0.15, -0.1) is 0 Å². The molecule has 1 heterocycles. The lowest BCUT2D eigenvalue weighted by molar-refractivity contribution is 0.355. The molecule has 0 aromatic heterocycles. The average molecular weight is 329 g/mol. The van der Waals surface area contributed by atoms with Crippen LogP contribution in [0.25, 0.3) is 0 Å². The van der Waals surface area contributed by atoms with E-state index in [9.17, 15) is 0 Å². The van der Waals surface area contributed by atoms with Gasteiger partial charge in [0.25, 0.3) is 0 Å². The van der Waals surface area contributed by atoms with Crippen LogP contribution in [0.1, 0.15) is 55.7 Å². The highest BCUT2D eigenvalue weighted by Crippen LogP contribution is 2.65. The molecule has 6 unspecified atom stereocenters. The second-order valence-corrected chi connectivity index (χ2v) is 9.40. The molecule has 1 nitrogen and oxygen atoms in total. The number of likely N-dealkylation sites (N-methyl/N-ethyl adjacent to an activating group) is 1. The summed E-state index contributed by atoms with van der Waals surface area (Å²) >= 11 is 0. The zero-order chi connectivity index (χ0) is 17.0.